The van der Waals surface area contributed by atoms with Crippen molar-refractivity contribution in [2.75, 3.05) is 13.7 Å². The minimum atomic E-state index is -0.509. The summed E-state index contributed by atoms with van der Waals surface area (Å²) >= 11 is 0. The number of benzene rings is 1. The molecule has 1 aliphatic rings. The summed E-state index contributed by atoms with van der Waals surface area (Å²) in [7, 11) is 1.89. The molecule has 0 radical (unpaired) electrons. The number of halogens is 2. The van der Waals surface area contributed by atoms with Crippen LogP contribution in [0.1, 0.15) is 37.7 Å². The van der Waals surface area contributed by atoms with Crippen LogP contribution in [0.4, 0.5) is 8.78 Å². The summed E-state index contributed by atoms with van der Waals surface area (Å²) in [5, 5.41) is 3.23. The second kappa shape index (κ2) is 7.70. The van der Waals surface area contributed by atoms with Gasteiger partial charge in [0.25, 0.3) is 0 Å². The normalized spacial score (nSPS) is 20.9. The standard InChI is InChI=1S/C16H23F2NO/c1-19-15(5-6-16-4-2-3-7-20-16)10-12-8-13(17)11-14(18)9-12/h8-9,11,15-16,19H,2-7,10H2,1H3. The van der Waals surface area contributed by atoms with E-state index in [2.05, 4.69) is 5.32 Å². The second-order valence-corrected chi connectivity index (χ2v) is 5.53. The van der Waals surface area contributed by atoms with Crippen molar-refractivity contribution in [3.05, 3.63) is 35.4 Å². The Hall–Kier alpha value is -1.00. The average molecular weight is 283 g/mol. The van der Waals surface area contributed by atoms with Gasteiger partial charge in [-0.05, 0) is 63.3 Å². The van der Waals surface area contributed by atoms with Gasteiger partial charge in [-0.2, -0.15) is 0 Å². The highest BCUT2D eigenvalue weighted by Crippen LogP contribution is 2.19. The van der Waals surface area contributed by atoms with Crippen LogP contribution in [0.5, 0.6) is 0 Å². The number of nitrogens with one attached hydrogen (secondary N) is 1. The third-order valence-electron chi connectivity index (χ3n) is 3.92. The zero-order valence-corrected chi connectivity index (χ0v) is 12.0. The van der Waals surface area contributed by atoms with E-state index in [1.807, 2.05) is 7.05 Å². The summed E-state index contributed by atoms with van der Waals surface area (Å²) in [6.07, 6.45) is 6.48. The zero-order chi connectivity index (χ0) is 14.4. The Morgan fingerprint density at radius 1 is 1.25 bits per heavy atom. The fraction of sp³-hybridized carbons (Fsp3) is 0.625. The molecule has 112 valence electrons. The Kier molecular flexibility index (Phi) is 5.92. The summed E-state index contributed by atoms with van der Waals surface area (Å²) in [4.78, 5) is 0. The van der Waals surface area contributed by atoms with E-state index in [9.17, 15) is 8.78 Å². The monoisotopic (exact) mass is 283 g/mol. The molecule has 0 aromatic heterocycles. The molecule has 2 atom stereocenters. The number of hydrogen-bond donors (Lipinski definition) is 1. The maximum atomic E-state index is 13.2. The van der Waals surface area contributed by atoms with Crippen LogP contribution in [0.25, 0.3) is 0 Å². The van der Waals surface area contributed by atoms with E-state index in [1.54, 1.807) is 0 Å². The average Bonchev–Trinajstić information content (AvgIpc) is 2.43. The van der Waals surface area contributed by atoms with Crippen molar-refractivity contribution in [2.45, 2.75) is 50.7 Å². The molecule has 1 aromatic rings. The lowest BCUT2D eigenvalue weighted by Crippen LogP contribution is -2.30. The number of hydrogen-bond acceptors (Lipinski definition) is 2. The van der Waals surface area contributed by atoms with Crippen molar-refractivity contribution in [2.24, 2.45) is 0 Å². The van der Waals surface area contributed by atoms with Crippen LogP contribution in [0.3, 0.4) is 0 Å². The Morgan fingerprint density at radius 3 is 2.60 bits per heavy atom. The maximum absolute atomic E-state index is 13.2. The smallest absolute Gasteiger partial charge is 0.126 e. The van der Waals surface area contributed by atoms with Gasteiger partial charge < -0.3 is 10.1 Å². The van der Waals surface area contributed by atoms with Crippen LogP contribution in [-0.2, 0) is 11.2 Å². The first kappa shape index (κ1) is 15.4. The lowest BCUT2D eigenvalue weighted by molar-refractivity contribution is 0.00870. The molecule has 2 nitrogen and oxygen atoms in total. The highest BCUT2D eigenvalue weighted by atomic mass is 19.1. The Bertz CT molecular complexity index is 399. The van der Waals surface area contributed by atoms with Crippen molar-refractivity contribution in [1.82, 2.24) is 5.32 Å². The van der Waals surface area contributed by atoms with E-state index in [-0.39, 0.29) is 6.04 Å². The first-order valence-electron chi connectivity index (χ1n) is 7.41. The molecule has 1 fully saturated rings. The summed E-state index contributed by atoms with van der Waals surface area (Å²) in [5.74, 6) is -1.02. The molecule has 0 saturated carbocycles. The molecule has 20 heavy (non-hydrogen) atoms. The van der Waals surface area contributed by atoms with Gasteiger partial charge in [0, 0.05) is 18.7 Å². The molecule has 0 bridgehead atoms. The summed E-state index contributed by atoms with van der Waals surface area (Å²) in [6, 6.07) is 3.95. The number of rotatable bonds is 6. The van der Waals surface area contributed by atoms with Gasteiger partial charge in [-0.15, -0.1) is 0 Å². The van der Waals surface area contributed by atoms with E-state index in [4.69, 9.17) is 4.74 Å². The minimum absolute atomic E-state index is 0.224. The first-order valence-corrected chi connectivity index (χ1v) is 7.41. The van der Waals surface area contributed by atoms with Crippen LogP contribution in [0, 0.1) is 11.6 Å². The van der Waals surface area contributed by atoms with Gasteiger partial charge in [0.1, 0.15) is 11.6 Å². The third-order valence-corrected chi connectivity index (χ3v) is 3.92. The van der Waals surface area contributed by atoms with Gasteiger partial charge >= 0.3 is 0 Å². The van der Waals surface area contributed by atoms with Gasteiger partial charge in [0.15, 0.2) is 0 Å². The fourth-order valence-electron chi connectivity index (χ4n) is 2.78. The summed E-state index contributed by atoms with van der Waals surface area (Å²) in [6.45, 7) is 0.865. The Morgan fingerprint density at radius 2 is 2.00 bits per heavy atom. The quantitative estimate of drug-likeness (QED) is 0.863. The molecule has 4 heteroatoms. The molecule has 0 amide bonds. The largest absolute Gasteiger partial charge is 0.378 e. The van der Waals surface area contributed by atoms with E-state index < -0.39 is 11.6 Å². The summed E-state index contributed by atoms with van der Waals surface area (Å²) in [5.41, 5.74) is 0.700. The van der Waals surface area contributed by atoms with Gasteiger partial charge in [0.2, 0.25) is 0 Å². The maximum Gasteiger partial charge on any atom is 0.126 e. The lowest BCUT2D eigenvalue weighted by Gasteiger charge is -2.25. The highest BCUT2D eigenvalue weighted by Gasteiger charge is 2.16. The molecule has 2 unspecified atom stereocenters. The first-order chi connectivity index (χ1) is 9.67. The minimum Gasteiger partial charge on any atom is -0.378 e. The highest BCUT2D eigenvalue weighted by molar-refractivity contribution is 5.18. The second-order valence-electron chi connectivity index (χ2n) is 5.53. The Labute approximate surface area is 119 Å². The molecule has 1 saturated heterocycles. The van der Waals surface area contributed by atoms with Crippen molar-refractivity contribution in [3.8, 4) is 0 Å². The topological polar surface area (TPSA) is 21.3 Å². The van der Waals surface area contributed by atoms with Crippen molar-refractivity contribution < 1.29 is 13.5 Å². The van der Waals surface area contributed by atoms with Crippen molar-refractivity contribution in [1.29, 1.82) is 0 Å². The third kappa shape index (κ3) is 4.84. The Balaban J connectivity index is 1.84. The van der Waals surface area contributed by atoms with Gasteiger partial charge in [-0.3, -0.25) is 0 Å². The van der Waals surface area contributed by atoms with Crippen LogP contribution >= 0.6 is 0 Å². The molecule has 0 spiro atoms. The van der Waals surface area contributed by atoms with Crippen LogP contribution < -0.4 is 5.32 Å². The summed E-state index contributed by atoms with van der Waals surface area (Å²) < 4.78 is 32.1. The van der Waals surface area contributed by atoms with E-state index in [1.165, 1.54) is 18.6 Å². The molecule has 0 aliphatic carbocycles. The van der Waals surface area contributed by atoms with E-state index in [0.717, 1.165) is 38.4 Å². The van der Waals surface area contributed by atoms with Crippen molar-refractivity contribution in [3.63, 3.8) is 0 Å². The van der Waals surface area contributed by atoms with E-state index in [0.29, 0.717) is 18.1 Å². The lowest BCUT2D eigenvalue weighted by atomic mass is 9.97. The molecule has 1 heterocycles. The van der Waals surface area contributed by atoms with Crippen LogP contribution in [-0.4, -0.2) is 25.8 Å². The van der Waals surface area contributed by atoms with Crippen molar-refractivity contribution >= 4 is 0 Å². The number of ether oxygens (including phenoxy) is 1. The zero-order valence-electron chi connectivity index (χ0n) is 12.0. The molecular weight excluding hydrogens is 260 g/mol. The van der Waals surface area contributed by atoms with Gasteiger partial charge in [-0.25, -0.2) is 8.78 Å². The van der Waals surface area contributed by atoms with E-state index >= 15 is 0 Å². The fourth-order valence-corrected chi connectivity index (χ4v) is 2.78. The van der Waals surface area contributed by atoms with Crippen LogP contribution in [0.2, 0.25) is 0 Å². The molecule has 2 rings (SSSR count). The molecule has 1 aliphatic heterocycles. The van der Waals surface area contributed by atoms with Gasteiger partial charge in [0.05, 0.1) is 6.10 Å². The predicted molar refractivity (Wildman–Crippen MR) is 75.7 cm³/mol. The van der Waals surface area contributed by atoms with Crippen LogP contribution in [0.15, 0.2) is 18.2 Å². The predicted octanol–water partition coefficient (Wildman–Crippen LogP) is 3.44. The molecule has 1 N–H and O–H groups in total. The number of likely N-dealkylation sites (N-methyl/N-ethyl adjacent to an activating group) is 1. The van der Waals surface area contributed by atoms with Gasteiger partial charge in [-0.1, -0.05) is 0 Å². The SMILES string of the molecule is CNC(CCC1CCCCO1)Cc1cc(F)cc(F)c1. The molecule has 1 aromatic carbocycles. The molecular formula is C16H23F2NO.